The Bertz CT molecular complexity index is 1190. The number of aryl methyl sites for hydroxylation is 2. The summed E-state index contributed by atoms with van der Waals surface area (Å²) in [7, 11) is 0. The molecule has 0 amide bonds. The second kappa shape index (κ2) is 8.63. The summed E-state index contributed by atoms with van der Waals surface area (Å²) < 4.78 is 11.7. The zero-order chi connectivity index (χ0) is 21.1. The summed E-state index contributed by atoms with van der Waals surface area (Å²) in [5, 5.41) is 3.42. The first-order valence-corrected chi connectivity index (χ1v) is 10.1. The van der Waals surface area contributed by atoms with Crippen molar-refractivity contribution in [2.45, 2.75) is 33.7 Å². The maximum Gasteiger partial charge on any atom is 0.182 e. The molecule has 1 N–H and O–H groups in total. The van der Waals surface area contributed by atoms with E-state index in [4.69, 9.17) is 9.15 Å². The van der Waals surface area contributed by atoms with Crippen LogP contribution >= 0.6 is 0 Å². The summed E-state index contributed by atoms with van der Waals surface area (Å²) in [6.45, 7) is 8.44. The van der Waals surface area contributed by atoms with Gasteiger partial charge in [0.15, 0.2) is 16.8 Å². The Labute approximate surface area is 175 Å². The Balaban J connectivity index is 1.30. The molecule has 4 rings (SSSR count). The summed E-state index contributed by atoms with van der Waals surface area (Å²) >= 11 is 0. The smallest absolute Gasteiger partial charge is 0.182 e. The molecule has 0 spiro atoms. The number of hydrogen-bond acceptors (Lipinski definition) is 6. The van der Waals surface area contributed by atoms with E-state index >= 15 is 0 Å². The highest BCUT2D eigenvalue weighted by Crippen LogP contribution is 2.26. The van der Waals surface area contributed by atoms with E-state index in [9.17, 15) is 4.79 Å². The number of aromatic nitrogens is 2. The van der Waals surface area contributed by atoms with Gasteiger partial charge in [0.25, 0.3) is 0 Å². The first-order valence-electron chi connectivity index (χ1n) is 10.1. The predicted molar refractivity (Wildman–Crippen MR) is 117 cm³/mol. The number of pyridine rings is 1. The van der Waals surface area contributed by atoms with Crippen molar-refractivity contribution in [1.29, 1.82) is 0 Å². The second-order valence-corrected chi connectivity index (χ2v) is 7.49. The lowest BCUT2D eigenvalue weighted by Crippen LogP contribution is -2.18. The van der Waals surface area contributed by atoms with Gasteiger partial charge in [-0.25, -0.2) is 4.98 Å². The molecule has 1 aromatic carbocycles. The van der Waals surface area contributed by atoms with E-state index in [2.05, 4.69) is 35.2 Å². The van der Waals surface area contributed by atoms with Crippen LogP contribution in [0.4, 0.5) is 0 Å². The van der Waals surface area contributed by atoms with Crippen LogP contribution in [-0.4, -0.2) is 23.1 Å². The molecule has 30 heavy (non-hydrogen) atoms. The number of ether oxygens (including phenoxy) is 1. The van der Waals surface area contributed by atoms with E-state index in [0.29, 0.717) is 23.6 Å². The van der Waals surface area contributed by atoms with E-state index in [0.717, 1.165) is 42.2 Å². The van der Waals surface area contributed by atoms with Crippen molar-refractivity contribution >= 4 is 11.1 Å². The van der Waals surface area contributed by atoms with Gasteiger partial charge in [-0.15, -0.1) is 0 Å². The third-order valence-electron chi connectivity index (χ3n) is 5.22. The Morgan fingerprint density at radius 2 is 1.90 bits per heavy atom. The number of benzene rings is 2. The molecule has 0 saturated heterocycles. The third-order valence-corrected chi connectivity index (χ3v) is 5.22. The minimum Gasteiger partial charge on any atom is -0.493 e. The van der Waals surface area contributed by atoms with Gasteiger partial charge >= 0.3 is 0 Å². The van der Waals surface area contributed by atoms with Crippen LogP contribution in [-0.2, 0) is 6.54 Å². The lowest BCUT2D eigenvalue weighted by Gasteiger charge is -2.10. The van der Waals surface area contributed by atoms with Gasteiger partial charge in [0.2, 0.25) is 0 Å². The van der Waals surface area contributed by atoms with Crippen LogP contribution in [0.5, 0.6) is 5.75 Å². The molecule has 2 aromatic rings. The quantitative estimate of drug-likeness (QED) is 0.369. The molecule has 1 aliphatic carbocycles. The van der Waals surface area contributed by atoms with E-state index in [1.165, 1.54) is 23.3 Å². The highest BCUT2D eigenvalue weighted by Gasteiger charge is 2.10. The van der Waals surface area contributed by atoms with Crippen LogP contribution in [0.1, 0.15) is 28.9 Å². The van der Waals surface area contributed by atoms with Gasteiger partial charge in [0, 0.05) is 24.4 Å². The van der Waals surface area contributed by atoms with Crippen molar-refractivity contribution in [2.24, 2.45) is 0 Å². The minimum atomic E-state index is -0.0986. The SMILES string of the molecule is Cc1cc(CNCCCOc2ccc3nc4ccc(=O)cc-4oc3c2)nc(C)c1C. The fourth-order valence-corrected chi connectivity index (χ4v) is 3.34. The lowest BCUT2D eigenvalue weighted by atomic mass is 10.1. The van der Waals surface area contributed by atoms with E-state index < -0.39 is 0 Å². The first-order chi connectivity index (χ1) is 14.5. The van der Waals surface area contributed by atoms with Crippen LogP contribution < -0.4 is 15.5 Å². The molecule has 6 heteroatoms. The van der Waals surface area contributed by atoms with Crippen molar-refractivity contribution in [1.82, 2.24) is 15.3 Å². The lowest BCUT2D eigenvalue weighted by molar-refractivity contribution is 0.308. The van der Waals surface area contributed by atoms with E-state index in [-0.39, 0.29) is 5.43 Å². The van der Waals surface area contributed by atoms with Crippen LogP contribution in [0.3, 0.4) is 0 Å². The third kappa shape index (κ3) is 4.49. The highest BCUT2D eigenvalue weighted by molar-refractivity contribution is 5.77. The van der Waals surface area contributed by atoms with Crippen molar-refractivity contribution in [3.63, 3.8) is 0 Å². The summed E-state index contributed by atoms with van der Waals surface area (Å²) in [5.41, 5.74) is 6.57. The Kier molecular flexibility index (Phi) is 5.77. The molecule has 154 valence electrons. The van der Waals surface area contributed by atoms with Gasteiger partial charge in [-0.1, -0.05) is 0 Å². The molecule has 0 bridgehead atoms. The molecule has 6 nitrogen and oxygen atoms in total. The summed E-state index contributed by atoms with van der Waals surface area (Å²) in [6, 6.07) is 12.3. The van der Waals surface area contributed by atoms with E-state index in [1.54, 1.807) is 6.07 Å². The van der Waals surface area contributed by atoms with Crippen molar-refractivity contribution < 1.29 is 9.15 Å². The Morgan fingerprint density at radius 1 is 1.03 bits per heavy atom. The standard InChI is InChI=1S/C24H25N3O3/c1-15-11-18(26-17(3)16(15)2)14-25-9-4-10-29-20-6-8-22-24(13-20)30-23-12-19(28)5-7-21(23)27-22/h5-8,11-13,25H,4,9-10,14H2,1-3H3. The average molecular weight is 403 g/mol. The molecule has 2 heterocycles. The number of rotatable bonds is 7. The molecule has 0 radical (unpaired) electrons. The van der Waals surface area contributed by atoms with Crippen LogP contribution in [0.15, 0.2) is 51.7 Å². The number of hydrogen-bond donors (Lipinski definition) is 1. The molecular weight excluding hydrogens is 378 g/mol. The van der Waals surface area contributed by atoms with Crippen molar-refractivity contribution in [3.05, 3.63) is 75.2 Å². The first kappa shape index (κ1) is 20.0. The summed E-state index contributed by atoms with van der Waals surface area (Å²) in [5.74, 6) is 1.20. The molecule has 1 aromatic heterocycles. The van der Waals surface area contributed by atoms with Gasteiger partial charge in [-0.2, -0.15) is 0 Å². The van der Waals surface area contributed by atoms with Crippen molar-refractivity contribution in [3.8, 4) is 17.2 Å². The van der Waals surface area contributed by atoms with Crippen molar-refractivity contribution in [2.75, 3.05) is 13.2 Å². The van der Waals surface area contributed by atoms with E-state index in [1.807, 2.05) is 25.1 Å². The largest absolute Gasteiger partial charge is 0.493 e. The van der Waals surface area contributed by atoms with Gasteiger partial charge < -0.3 is 14.5 Å². The van der Waals surface area contributed by atoms with Crippen LogP contribution in [0.2, 0.25) is 0 Å². The summed E-state index contributed by atoms with van der Waals surface area (Å²) in [4.78, 5) is 20.7. The number of nitrogens with one attached hydrogen (secondary N) is 1. The molecule has 0 unspecified atom stereocenters. The molecular formula is C24H25N3O3. The Morgan fingerprint density at radius 3 is 2.73 bits per heavy atom. The fourth-order valence-electron chi connectivity index (χ4n) is 3.34. The number of nitrogens with zero attached hydrogens (tertiary/aromatic N) is 2. The van der Waals surface area contributed by atoms with Gasteiger partial charge in [0.1, 0.15) is 17.0 Å². The zero-order valence-electron chi connectivity index (χ0n) is 17.5. The maximum absolute atomic E-state index is 11.5. The molecule has 1 aliphatic heterocycles. The van der Waals surface area contributed by atoms with Gasteiger partial charge in [0.05, 0.1) is 12.3 Å². The topological polar surface area (TPSA) is 77.2 Å². The zero-order valence-corrected chi connectivity index (χ0v) is 17.5. The second-order valence-electron chi connectivity index (χ2n) is 7.49. The van der Waals surface area contributed by atoms with Crippen LogP contribution in [0.25, 0.3) is 22.6 Å². The normalized spacial score (nSPS) is 11.3. The molecule has 2 aliphatic rings. The monoisotopic (exact) mass is 403 g/mol. The fraction of sp³-hybridized carbons (Fsp3) is 0.292. The summed E-state index contributed by atoms with van der Waals surface area (Å²) in [6.07, 6.45) is 0.870. The number of fused-ring (bicyclic) bond motifs is 2. The predicted octanol–water partition coefficient (Wildman–Crippen LogP) is 4.17. The highest BCUT2D eigenvalue weighted by atomic mass is 16.5. The maximum atomic E-state index is 11.5. The van der Waals surface area contributed by atoms with Crippen LogP contribution in [0, 0.1) is 20.8 Å². The molecule has 0 saturated carbocycles. The Hall–Kier alpha value is -3.25. The molecule has 0 fully saturated rings. The van der Waals surface area contributed by atoms with Gasteiger partial charge in [-0.05, 0) is 75.2 Å². The van der Waals surface area contributed by atoms with Gasteiger partial charge in [-0.3, -0.25) is 9.78 Å². The minimum absolute atomic E-state index is 0.0986. The average Bonchev–Trinajstić information content (AvgIpc) is 2.72. The molecule has 0 atom stereocenters.